The fourth-order valence-electron chi connectivity index (χ4n) is 2.53. The van der Waals surface area contributed by atoms with Crippen LogP contribution in [0.25, 0.3) is 0 Å². The topological polar surface area (TPSA) is 39.1 Å². The molecule has 1 aliphatic heterocycles. The summed E-state index contributed by atoms with van der Waals surface area (Å²) >= 11 is 3.58. The lowest BCUT2D eigenvalue weighted by Gasteiger charge is -2.09. The van der Waals surface area contributed by atoms with Crippen LogP contribution in [0.4, 0.5) is 0 Å². The molecule has 4 nitrogen and oxygen atoms in total. The first-order chi connectivity index (χ1) is 10.1. The van der Waals surface area contributed by atoms with Gasteiger partial charge in [0.05, 0.1) is 18.8 Å². The summed E-state index contributed by atoms with van der Waals surface area (Å²) in [5.74, 6) is 1.04. The van der Waals surface area contributed by atoms with Crippen molar-refractivity contribution in [1.29, 1.82) is 0 Å². The van der Waals surface area contributed by atoms with Gasteiger partial charge in [0.2, 0.25) is 0 Å². The molecule has 2 heterocycles. The maximum Gasteiger partial charge on any atom is 0.127 e. The number of hydrogen-bond acceptors (Lipinski definition) is 3. The van der Waals surface area contributed by atoms with Crippen molar-refractivity contribution in [2.75, 3.05) is 6.61 Å². The van der Waals surface area contributed by atoms with Crippen LogP contribution in [-0.2, 0) is 19.5 Å². The Balaban J connectivity index is 1.75. The van der Waals surface area contributed by atoms with E-state index in [1.54, 1.807) is 0 Å². The van der Waals surface area contributed by atoms with Crippen molar-refractivity contribution in [1.82, 2.24) is 15.1 Å². The molecule has 0 radical (unpaired) electrons. The molecule has 5 heteroatoms. The van der Waals surface area contributed by atoms with E-state index in [2.05, 4.69) is 58.4 Å². The minimum Gasteiger partial charge on any atom is -0.493 e. The molecule has 0 aliphatic carbocycles. The van der Waals surface area contributed by atoms with Gasteiger partial charge in [0.25, 0.3) is 0 Å². The zero-order valence-electron chi connectivity index (χ0n) is 12.4. The number of fused-ring (bicyclic) bond motifs is 1. The van der Waals surface area contributed by atoms with Crippen molar-refractivity contribution in [3.05, 3.63) is 45.7 Å². The van der Waals surface area contributed by atoms with E-state index in [0.717, 1.165) is 42.0 Å². The van der Waals surface area contributed by atoms with Crippen LogP contribution in [0.5, 0.6) is 5.75 Å². The van der Waals surface area contributed by atoms with Crippen LogP contribution in [0.15, 0.2) is 28.9 Å². The number of aromatic nitrogens is 2. The molecule has 0 atom stereocenters. The highest BCUT2D eigenvalue weighted by Gasteiger charge is 2.17. The number of halogens is 1. The van der Waals surface area contributed by atoms with Crippen molar-refractivity contribution < 1.29 is 4.74 Å². The molecule has 0 fully saturated rings. The number of hydrogen-bond donors (Lipinski definition) is 1. The van der Waals surface area contributed by atoms with Crippen LogP contribution in [-0.4, -0.2) is 22.4 Å². The molecule has 112 valence electrons. The number of rotatable bonds is 5. The summed E-state index contributed by atoms with van der Waals surface area (Å²) in [7, 11) is 0. The maximum atomic E-state index is 5.77. The average molecular weight is 350 g/mol. The molecular weight excluding hydrogens is 330 g/mol. The van der Waals surface area contributed by atoms with Crippen molar-refractivity contribution in [2.45, 2.75) is 39.4 Å². The predicted octanol–water partition coefficient (Wildman–Crippen LogP) is 3.13. The van der Waals surface area contributed by atoms with Gasteiger partial charge >= 0.3 is 0 Å². The highest BCUT2D eigenvalue weighted by molar-refractivity contribution is 9.10. The number of ether oxygens (including phenoxy) is 1. The lowest BCUT2D eigenvalue weighted by molar-refractivity contribution is 0.352. The van der Waals surface area contributed by atoms with E-state index in [4.69, 9.17) is 4.74 Å². The van der Waals surface area contributed by atoms with Gasteiger partial charge in [0.15, 0.2) is 0 Å². The summed E-state index contributed by atoms with van der Waals surface area (Å²) in [4.78, 5) is 0. The Bertz CT molecular complexity index is 636. The smallest absolute Gasteiger partial charge is 0.127 e. The quantitative estimate of drug-likeness (QED) is 0.901. The molecule has 1 aromatic heterocycles. The molecule has 1 N–H and O–H groups in total. The van der Waals surface area contributed by atoms with Crippen LogP contribution < -0.4 is 10.1 Å². The molecule has 1 aromatic carbocycles. The fraction of sp³-hybridized carbons (Fsp3) is 0.438. The van der Waals surface area contributed by atoms with E-state index in [9.17, 15) is 0 Å². The van der Waals surface area contributed by atoms with E-state index in [0.29, 0.717) is 6.04 Å². The number of nitrogens with zero attached hydrogens (tertiary/aromatic N) is 2. The Labute approximate surface area is 133 Å². The molecule has 0 unspecified atom stereocenters. The molecule has 0 saturated carbocycles. The molecular formula is C16H20BrN3O. The standard InChI is InChI=1S/C16H20BrN3O/c1-11(2)18-9-15-3-5-20(19-15)10-13-8-14(17)7-12-4-6-21-16(12)13/h3,5,7-8,11,18H,4,6,9-10H2,1-2H3. The molecule has 2 aromatic rings. The molecule has 3 rings (SSSR count). The third-order valence-electron chi connectivity index (χ3n) is 3.55. The van der Waals surface area contributed by atoms with Gasteiger partial charge in [-0.05, 0) is 23.8 Å². The molecule has 1 aliphatic rings. The van der Waals surface area contributed by atoms with Crippen LogP contribution in [0.2, 0.25) is 0 Å². The van der Waals surface area contributed by atoms with Crippen LogP contribution >= 0.6 is 15.9 Å². The summed E-state index contributed by atoms with van der Waals surface area (Å²) in [6.45, 7) is 6.60. The summed E-state index contributed by atoms with van der Waals surface area (Å²) in [5, 5.41) is 8.00. The van der Waals surface area contributed by atoms with Crippen molar-refractivity contribution in [3.63, 3.8) is 0 Å². The predicted molar refractivity (Wildman–Crippen MR) is 86.6 cm³/mol. The van der Waals surface area contributed by atoms with Gasteiger partial charge in [-0.1, -0.05) is 29.8 Å². The van der Waals surface area contributed by atoms with Crippen LogP contribution in [0.1, 0.15) is 30.7 Å². The average Bonchev–Trinajstić information content (AvgIpc) is 3.05. The van der Waals surface area contributed by atoms with Crippen molar-refractivity contribution >= 4 is 15.9 Å². The summed E-state index contributed by atoms with van der Waals surface area (Å²) < 4.78 is 8.85. The zero-order valence-corrected chi connectivity index (χ0v) is 14.0. The van der Waals surface area contributed by atoms with E-state index in [1.807, 2.05) is 10.9 Å². The minimum absolute atomic E-state index is 0.469. The number of benzene rings is 1. The first-order valence-electron chi connectivity index (χ1n) is 7.31. The van der Waals surface area contributed by atoms with Crippen molar-refractivity contribution in [2.24, 2.45) is 0 Å². The lowest BCUT2D eigenvalue weighted by Crippen LogP contribution is -2.22. The minimum atomic E-state index is 0.469. The fourth-order valence-corrected chi connectivity index (χ4v) is 3.09. The largest absolute Gasteiger partial charge is 0.493 e. The normalized spacial score (nSPS) is 13.5. The van der Waals surface area contributed by atoms with Gasteiger partial charge in [-0.2, -0.15) is 5.10 Å². The second-order valence-corrected chi connectivity index (χ2v) is 6.61. The third-order valence-corrected chi connectivity index (χ3v) is 4.00. The highest BCUT2D eigenvalue weighted by atomic mass is 79.9. The third kappa shape index (κ3) is 3.47. The van der Waals surface area contributed by atoms with E-state index in [-0.39, 0.29) is 0 Å². The van der Waals surface area contributed by atoms with Gasteiger partial charge in [-0.25, -0.2) is 0 Å². The monoisotopic (exact) mass is 349 g/mol. The number of nitrogens with one attached hydrogen (secondary N) is 1. The summed E-state index contributed by atoms with van der Waals surface area (Å²) in [6.07, 6.45) is 3.02. The molecule has 0 saturated heterocycles. The SMILES string of the molecule is CC(C)NCc1ccn(Cc2cc(Br)cc3c2OCC3)n1. The Morgan fingerprint density at radius 1 is 1.43 bits per heavy atom. The summed E-state index contributed by atoms with van der Waals surface area (Å²) in [5.41, 5.74) is 3.54. The first-order valence-corrected chi connectivity index (χ1v) is 8.11. The van der Waals surface area contributed by atoms with Gasteiger partial charge < -0.3 is 10.1 Å². The molecule has 0 bridgehead atoms. The maximum absolute atomic E-state index is 5.77. The molecule has 0 spiro atoms. The van der Waals surface area contributed by atoms with Crippen LogP contribution in [0, 0.1) is 0 Å². The van der Waals surface area contributed by atoms with Gasteiger partial charge in [0, 0.05) is 35.2 Å². The zero-order chi connectivity index (χ0) is 14.8. The highest BCUT2D eigenvalue weighted by Crippen LogP contribution is 2.33. The Hall–Kier alpha value is -1.33. The Morgan fingerprint density at radius 3 is 3.10 bits per heavy atom. The first kappa shape index (κ1) is 14.6. The molecule has 21 heavy (non-hydrogen) atoms. The second kappa shape index (κ2) is 6.20. The van der Waals surface area contributed by atoms with Gasteiger partial charge in [-0.3, -0.25) is 4.68 Å². The van der Waals surface area contributed by atoms with E-state index < -0.39 is 0 Å². The van der Waals surface area contributed by atoms with Gasteiger partial charge in [0.1, 0.15) is 5.75 Å². The Morgan fingerprint density at radius 2 is 2.29 bits per heavy atom. The Kier molecular flexibility index (Phi) is 4.31. The van der Waals surface area contributed by atoms with Crippen molar-refractivity contribution in [3.8, 4) is 5.75 Å². The molecule has 0 amide bonds. The van der Waals surface area contributed by atoms with E-state index in [1.165, 1.54) is 11.1 Å². The second-order valence-electron chi connectivity index (χ2n) is 5.69. The van der Waals surface area contributed by atoms with Crippen LogP contribution in [0.3, 0.4) is 0 Å². The summed E-state index contributed by atoms with van der Waals surface area (Å²) in [6, 6.07) is 6.80. The van der Waals surface area contributed by atoms with E-state index >= 15 is 0 Å². The van der Waals surface area contributed by atoms with Gasteiger partial charge in [-0.15, -0.1) is 0 Å². The lowest BCUT2D eigenvalue weighted by atomic mass is 10.1.